The monoisotopic (exact) mass is 354 g/mol. The Kier molecular flexibility index (Phi) is 3.87. The molecule has 2 heterocycles. The molecule has 3 N–H and O–H groups in total. The van der Waals surface area contributed by atoms with Crippen LogP contribution in [-0.4, -0.2) is 20.7 Å². The summed E-state index contributed by atoms with van der Waals surface area (Å²) < 4.78 is 15.0. The summed E-state index contributed by atoms with van der Waals surface area (Å²) >= 11 is 0. The molecule has 0 bridgehead atoms. The van der Waals surface area contributed by atoms with Crippen LogP contribution in [0.1, 0.15) is 48.5 Å². The number of halogens is 1. The van der Waals surface area contributed by atoms with Crippen LogP contribution in [0, 0.1) is 28.6 Å². The largest absolute Gasteiger partial charge is 0.365 e. The predicted molar refractivity (Wildman–Crippen MR) is 91.9 cm³/mol. The number of aromatic nitrogens is 3. The number of pyridine rings is 1. The van der Waals surface area contributed by atoms with Crippen LogP contribution in [-0.2, 0) is 0 Å². The molecule has 2 atom stereocenters. The minimum absolute atomic E-state index is 0.0888. The number of nitrogens with one attached hydrogen (secondary N) is 1. The Labute approximate surface area is 150 Å². The number of primary amides is 1. The normalized spacial score (nSPS) is 23.4. The first-order valence-corrected chi connectivity index (χ1v) is 8.67. The Balaban J connectivity index is 1.63. The highest BCUT2D eigenvalue weighted by atomic mass is 19.1. The van der Waals surface area contributed by atoms with Crippen LogP contribution >= 0.6 is 0 Å². The molecule has 2 fully saturated rings. The SMILES string of the molecule is N#CC1CC2(CC[C@H]1n1cc(C(N)=O)c(Nc3ccnc(F)c3)n1)CC2. The Morgan fingerprint density at radius 3 is 2.92 bits per heavy atom. The summed E-state index contributed by atoms with van der Waals surface area (Å²) in [5.74, 6) is -1.15. The zero-order valence-electron chi connectivity index (χ0n) is 14.2. The molecule has 0 aromatic carbocycles. The molecule has 2 aliphatic carbocycles. The van der Waals surface area contributed by atoms with Gasteiger partial charge in [0.25, 0.3) is 5.91 Å². The smallest absolute Gasteiger partial charge is 0.254 e. The molecule has 2 saturated carbocycles. The van der Waals surface area contributed by atoms with E-state index in [1.165, 1.54) is 25.1 Å². The van der Waals surface area contributed by atoms with Crippen LogP contribution < -0.4 is 11.1 Å². The molecule has 7 nitrogen and oxygen atoms in total. The zero-order valence-corrected chi connectivity index (χ0v) is 14.2. The molecule has 2 aromatic heterocycles. The zero-order chi connectivity index (χ0) is 18.3. The summed E-state index contributed by atoms with van der Waals surface area (Å²) in [5, 5.41) is 17.0. The van der Waals surface area contributed by atoms with Gasteiger partial charge in [-0.05, 0) is 43.6 Å². The van der Waals surface area contributed by atoms with Crippen molar-refractivity contribution in [3.63, 3.8) is 0 Å². The standard InChI is InChI=1S/C18H19FN6O/c19-15-7-12(2-6-22-15)23-17-13(16(21)26)10-25(24-17)14-1-3-18(4-5-18)8-11(14)9-20/h2,6-7,10-11,14H,1,3-5,8H2,(H2,21,26)(H,22,23,24)/t11?,14-/m1/s1. The number of nitrogens with two attached hydrogens (primary N) is 1. The van der Waals surface area contributed by atoms with E-state index in [-0.39, 0.29) is 23.3 Å². The second-order valence-corrected chi connectivity index (χ2v) is 7.27. The molecule has 2 aromatic rings. The molecule has 1 amide bonds. The van der Waals surface area contributed by atoms with E-state index >= 15 is 0 Å². The van der Waals surface area contributed by atoms with Crippen LogP contribution in [0.15, 0.2) is 24.5 Å². The highest BCUT2D eigenvalue weighted by molar-refractivity contribution is 5.98. The number of amides is 1. The molecule has 26 heavy (non-hydrogen) atoms. The lowest BCUT2D eigenvalue weighted by atomic mass is 9.76. The highest BCUT2D eigenvalue weighted by Crippen LogP contribution is 2.59. The molecular formula is C18H19FN6O. The van der Waals surface area contributed by atoms with Gasteiger partial charge in [-0.25, -0.2) is 4.98 Å². The maximum atomic E-state index is 13.3. The predicted octanol–water partition coefficient (Wildman–Crippen LogP) is 2.90. The summed E-state index contributed by atoms with van der Waals surface area (Å²) in [5.41, 5.74) is 6.46. The lowest BCUT2D eigenvalue weighted by molar-refractivity contribution is 0.100. The van der Waals surface area contributed by atoms with E-state index in [1.807, 2.05) is 0 Å². The number of carbonyl (C=O) groups is 1. The molecule has 4 rings (SSSR count). The van der Waals surface area contributed by atoms with Gasteiger partial charge in [0, 0.05) is 24.1 Å². The molecule has 0 radical (unpaired) electrons. The number of hydrogen-bond donors (Lipinski definition) is 2. The van der Waals surface area contributed by atoms with Crippen molar-refractivity contribution in [2.45, 2.75) is 38.1 Å². The van der Waals surface area contributed by atoms with Gasteiger partial charge in [0.15, 0.2) is 5.82 Å². The molecule has 0 aliphatic heterocycles. The van der Waals surface area contributed by atoms with Gasteiger partial charge in [-0.2, -0.15) is 14.8 Å². The summed E-state index contributed by atoms with van der Waals surface area (Å²) in [7, 11) is 0. The Morgan fingerprint density at radius 2 is 2.27 bits per heavy atom. The van der Waals surface area contributed by atoms with Gasteiger partial charge in [0.2, 0.25) is 5.95 Å². The number of carbonyl (C=O) groups excluding carboxylic acids is 1. The third kappa shape index (κ3) is 3.01. The fourth-order valence-electron chi connectivity index (χ4n) is 3.89. The number of nitriles is 1. The maximum Gasteiger partial charge on any atom is 0.254 e. The molecule has 0 saturated heterocycles. The molecule has 2 aliphatic rings. The molecule has 1 unspecified atom stereocenters. The van der Waals surface area contributed by atoms with Gasteiger partial charge in [-0.1, -0.05) is 0 Å². The number of anilines is 2. The van der Waals surface area contributed by atoms with Gasteiger partial charge < -0.3 is 11.1 Å². The van der Waals surface area contributed by atoms with Crippen molar-refractivity contribution in [3.8, 4) is 6.07 Å². The van der Waals surface area contributed by atoms with Crippen molar-refractivity contribution in [3.05, 3.63) is 36.0 Å². The minimum atomic E-state index is -0.637. The van der Waals surface area contributed by atoms with Crippen molar-refractivity contribution in [2.24, 2.45) is 17.1 Å². The topological polar surface area (TPSA) is 110 Å². The van der Waals surface area contributed by atoms with E-state index in [0.717, 1.165) is 19.3 Å². The van der Waals surface area contributed by atoms with Gasteiger partial charge >= 0.3 is 0 Å². The van der Waals surface area contributed by atoms with Gasteiger partial charge in [-0.3, -0.25) is 9.48 Å². The van der Waals surface area contributed by atoms with E-state index < -0.39 is 11.9 Å². The van der Waals surface area contributed by atoms with E-state index in [9.17, 15) is 14.4 Å². The van der Waals surface area contributed by atoms with E-state index in [1.54, 1.807) is 16.9 Å². The first kappa shape index (κ1) is 16.5. The summed E-state index contributed by atoms with van der Waals surface area (Å²) in [6, 6.07) is 5.10. The van der Waals surface area contributed by atoms with Crippen molar-refractivity contribution in [2.75, 3.05) is 5.32 Å². The van der Waals surface area contributed by atoms with E-state index in [2.05, 4.69) is 21.5 Å². The fraction of sp³-hybridized carbons (Fsp3) is 0.444. The van der Waals surface area contributed by atoms with Crippen molar-refractivity contribution in [1.29, 1.82) is 5.26 Å². The van der Waals surface area contributed by atoms with Gasteiger partial charge in [0.1, 0.15) is 5.56 Å². The average Bonchev–Trinajstić information content (AvgIpc) is 3.22. The first-order chi connectivity index (χ1) is 12.5. The third-order valence-corrected chi connectivity index (χ3v) is 5.54. The van der Waals surface area contributed by atoms with Crippen LogP contribution in [0.2, 0.25) is 0 Å². The number of hydrogen-bond acceptors (Lipinski definition) is 5. The van der Waals surface area contributed by atoms with Crippen molar-refractivity contribution < 1.29 is 9.18 Å². The summed E-state index contributed by atoms with van der Waals surface area (Å²) in [6.07, 6.45) is 8.09. The Hall–Kier alpha value is -2.95. The van der Waals surface area contributed by atoms with Gasteiger partial charge in [-0.15, -0.1) is 0 Å². The molecule has 8 heteroatoms. The third-order valence-electron chi connectivity index (χ3n) is 5.54. The van der Waals surface area contributed by atoms with Crippen LogP contribution in [0.25, 0.3) is 0 Å². The Bertz CT molecular complexity index is 897. The Morgan fingerprint density at radius 1 is 1.46 bits per heavy atom. The second kappa shape index (κ2) is 6.09. The highest BCUT2D eigenvalue weighted by Gasteiger charge is 2.49. The second-order valence-electron chi connectivity index (χ2n) is 7.27. The molecule has 134 valence electrons. The van der Waals surface area contributed by atoms with E-state index in [0.29, 0.717) is 11.1 Å². The minimum Gasteiger partial charge on any atom is -0.365 e. The van der Waals surface area contributed by atoms with Crippen molar-refractivity contribution >= 4 is 17.4 Å². The fourth-order valence-corrected chi connectivity index (χ4v) is 3.89. The van der Waals surface area contributed by atoms with Crippen LogP contribution in [0.3, 0.4) is 0 Å². The first-order valence-electron chi connectivity index (χ1n) is 8.67. The maximum absolute atomic E-state index is 13.3. The summed E-state index contributed by atoms with van der Waals surface area (Å²) in [4.78, 5) is 15.3. The van der Waals surface area contributed by atoms with Crippen LogP contribution in [0.5, 0.6) is 0 Å². The quantitative estimate of drug-likeness (QED) is 0.820. The van der Waals surface area contributed by atoms with Crippen molar-refractivity contribution in [1.82, 2.24) is 14.8 Å². The lowest BCUT2D eigenvalue weighted by Gasteiger charge is -2.32. The summed E-state index contributed by atoms with van der Waals surface area (Å²) in [6.45, 7) is 0. The van der Waals surface area contributed by atoms with E-state index in [4.69, 9.17) is 5.73 Å². The van der Waals surface area contributed by atoms with Gasteiger partial charge in [0.05, 0.1) is 18.0 Å². The van der Waals surface area contributed by atoms with Crippen LogP contribution in [0.4, 0.5) is 15.9 Å². The number of nitrogens with zero attached hydrogens (tertiary/aromatic N) is 4. The number of rotatable bonds is 4. The molecule has 1 spiro atoms. The molecular weight excluding hydrogens is 335 g/mol. The average molecular weight is 354 g/mol. The lowest BCUT2D eigenvalue weighted by Crippen LogP contribution is -2.28.